The highest BCUT2D eigenvalue weighted by Gasteiger charge is 2.07. The minimum absolute atomic E-state index is 0.429. The zero-order valence-corrected chi connectivity index (χ0v) is 9.37. The second-order valence-corrected chi connectivity index (χ2v) is 4.47. The maximum absolute atomic E-state index is 10.6. The van der Waals surface area contributed by atoms with E-state index in [1.165, 1.54) is 5.56 Å². The van der Waals surface area contributed by atoms with Crippen LogP contribution in [0.15, 0.2) is 30.3 Å². The van der Waals surface area contributed by atoms with Crippen molar-refractivity contribution in [2.45, 2.75) is 12.5 Å². The first-order valence-corrected chi connectivity index (χ1v) is 6.02. The fourth-order valence-electron chi connectivity index (χ4n) is 1.13. The zero-order chi connectivity index (χ0) is 11.1. The molecule has 0 aliphatic carbocycles. The number of benzene rings is 1. The van der Waals surface area contributed by atoms with Crippen molar-refractivity contribution >= 4 is 17.7 Å². The number of carbonyl (C=O) groups excluding carboxylic acids is 1. The van der Waals surface area contributed by atoms with Gasteiger partial charge in [0.2, 0.25) is 5.91 Å². The number of rotatable bonds is 6. The fraction of sp³-hybridized carbons (Fsp3) is 0.364. The van der Waals surface area contributed by atoms with Crippen LogP contribution >= 0.6 is 11.8 Å². The van der Waals surface area contributed by atoms with E-state index in [0.29, 0.717) is 5.75 Å². The summed E-state index contributed by atoms with van der Waals surface area (Å²) < 4.78 is 0. The molecule has 0 spiro atoms. The van der Waals surface area contributed by atoms with Gasteiger partial charge < -0.3 is 11.5 Å². The third kappa shape index (κ3) is 4.85. The Labute approximate surface area is 94.2 Å². The molecule has 0 heterocycles. The van der Waals surface area contributed by atoms with Gasteiger partial charge in [-0.15, -0.1) is 0 Å². The second kappa shape index (κ2) is 6.48. The van der Waals surface area contributed by atoms with Gasteiger partial charge in [0.1, 0.15) is 0 Å². The maximum Gasteiger partial charge on any atom is 0.235 e. The Kier molecular flexibility index (Phi) is 5.21. The van der Waals surface area contributed by atoms with Crippen LogP contribution in [0.2, 0.25) is 0 Å². The van der Waals surface area contributed by atoms with E-state index in [-0.39, 0.29) is 0 Å². The van der Waals surface area contributed by atoms with E-state index in [9.17, 15) is 4.79 Å². The Morgan fingerprint density at radius 1 is 1.33 bits per heavy atom. The van der Waals surface area contributed by atoms with Gasteiger partial charge in [0.15, 0.2) is 0 Å². The van der Waals surface area contributed by atoms with Crippen LogP contribution in [0.5, 0.6) is 0 Å². The predicted octanol–water partition coefficient (Wildman–Crippen LogP) is 0.775. The topological polar surface area (TPSA) is 69.1 Å². The summed E-state index contributed by atoms with van der Waals surface area (Å²) in [6.07, 6.45) is 0.997. The molecule has 4 heteroatoms. The van der Waals surface area contributed by atoms with E-state index in [1.807, 2.05) is 18.2 Å². The summed E-state index contributed by atoms with van der Waals surface area (Å²) >= 11 is 1.66. The van der Waals surface area contributed by atoms with E-state index in [4.69, 9.17) is 11.5 Å². The molecule has 1 atom stereocenters. The zero-order valence-electron chi connectivity index (χ0n) is 8.56. The number of carbonyl (C=O) groups is 1. The Balaban J connectivity index is 2.15. The monoisotopic (exact) mass is 224 g/mol. The largest absolute Gasteiger partial charge is 0.368 e. The number of hydrogen-bond acceptors (Lipinski definition) is 3. The molecule has 1 aromatic rings. The van der Waals surface area contributed by atoms with Crippen LogP contribution in [0.4, 0.5) is 0 Å². The normalized spacial score (nSPS) is 12.3. The number of amides is 1. The van der Waals surface area contributed by atoms with E-state index < -0.39 is 11.9 Å². The summed E-state index contributed by atoms with van der Waals surface area (Å²) in [5.74, 6) is 1.13. The van der Waals surface area contributed by atoms with E-state index in [0.717, 1.165) is 12.2 Å². The highest BCUT2D eigenvalue weighted by Crippen LogP contribution is 2.07. The number of nitrogens with two attached hydrogens (primary N) is 2. The highest BCUT2D eigenvalue weighted by atomic mass is 32.2. The molecule has 1 rings (SSSR count). The molecule has 4 N–H and O–H groups in total. The lowest BCUT2D eigenvalue weighted by Gasteiger charge is -2.06. The molecule has 0 aliphatic rings. The molecule has 3 nitrogen and oxygen atoms in total. The van der Waals surface area contributed by atoms with Gasteiger partial charge in [0, 0.05) is 5.75 Å². The summed E-state index contributed by atoms with van der Waals surface area (Å²) in [5.41, 5.74) is 11.9. The molecule has 0 unspecified atom stereocenters. The minimum Gasteiger partial charge on any atom is -0.368 e. The third-order valence-electron chi connectivity index (χ3n) is 2.04. The Morgan fingerprint density at radius 3 is 2.60 bits per heavy atom. The van der Waals surface area contributed by atoms with Crippen LogP contribution in [-0.2, 0) is 11.2 Å². The highest BCUT2D eigenvalue weighted by molar-refractivity contribution is 7.99. The Morgan fingerprint density at radius 2 is 2.00 bits per heavy atom. The van der Waals surface area contributed by atoms with Crippen LogP contribution in [0.1, 0.15) is 5.56 Å². The van der Waals surface area contributed by atoms with Crippen molar-refractivity contribution in [3.63, 3.8) is 0 Å². The van der Waals surface area contributed by atoms with Crippen molar-refractivity contribution in [2.75, 3.05) is 11.5 Å². The van der Waals surface area contributed by atoms with Crippen molar-refractivity contribution in [1.82, 2.24) is 0 Å². The lowest BCUT2D eigenvalue weighted by molar-refractivity contribution is -0.118. The number of primary amides is 1. The number of thioether (sulfide) groups is 1. The molecule has 0 bridgehead atoms. The van der Waals surface area contributed by atoms with Crippen LogP contribution in [0.3, 0.4) is 0 Å². The third-order valence-corrected chi connectivity index (χ3v) is 3.13. The van der Waals surface area contributed by atoms with Crippen molar-refractivity contribution in [3.8, 4) is 0 Å². The van der Waals surface area contributed by atoms with Crippen molar-refractivity contribution in [3.05, 3.63) is 35.9 Å². The SMILES string of the molecule is NC(=O)[C@@H](N)CSCCc1ccccc1. The molecular formula is C11H16N2OS. The average molecular weight is 224 g/mol. The minimum atomic E-state index is -0.522. The second-order valence-electron chi connectivity index (χ2n) is 3.32. The lowest BCUT2D eigenvalue weighted by Crippen LogP contribution is -2.38. The molecule has 0 radical (unpaired) electrons. The summed E-state index contributed by atoms with van der Waals surface area (Å²) in [7, 11) is 0. The summed E-state index contributed by atoms with van der Waals surface area (Å²) in [6, 6.07) is 9.71. The van der Waals surface area contributed by atoms with Crippen LogP contribution in [0, 0.1) is 0 Å². The molecule has 15 heavy (non-hydrogen) atoms. The van der Waals surface area contributed by atoms with Gasteiger partial charge in [-0.25, -0.2) is 0 Å². The Bertz CT molecular complexity index is 303. The van der Waals surface area contributed by atoms with Gasteiger partial charge in [0.05, 0.1) is 6.04 Å². The summed E-state index contributed by atoms with van der Waals surface area (Å²) in [4.78, 5) is 10.6. The van der Waals surface area contributed by atoms with Gasteiger partial charge in [-0.1, -0.05) is 30.3 Å². The molecule has 0 saturated heterocycles. The molecular weight excluding hydrogens is 208 g/mol. The molecule has 0 aromatic heterocycles. The molecule has 0 aliphatic heterocycles. The smallest absolute Gasteiger partial charge is 0.235 e. The molecule has 1 aromatic carbocycles. The number of aryl methyl sites for hydroxylation is 1. The molecule has 82 valence electrons. The van der Waals surface area contributed by atoms with Crippen LogP contribution < -0.4 is 11.5 Å². The van der Waals surface area contributed by atoms with Crippen LogP contribution in [-0.4, -0.2) is 23.5 Å². The summed E-state index contributed by atoms with van der Waals surface area (Å²) in [6.45, 7) is 0. The van der Waals surface area contributed by atoms with Gasteiger partial charge >= 0.3 is 0 Å². The van der Waals surface area contributed by atoms with Gasteiger partial charge in [0.25, 0.3) is 0 Å². The average Bonchev–Trinajstić information content (AvgIpc) is 2.25. The number of hydrogen-bond donors (Lipinski definition) is 2. The summed E-state index contributed by atoms with van der Waals surface area (Å²) in [5, 5.41) is 0. The van der Waals surface area contributed by atoms with E-state index in [2.05, 4.69) is 12.1 Å². The maximum atomic E-state index is 10.6. The first-order chi connectivity index (χ1) is 7.20. The van der Waals surface area contributed by atoms with Gasteiger partial charge in [-0.2, -0.15) is 11.8 Å². The van der Waals surface area contributed by atoms with Crippen molar-refractivity contribution in [2.24, 2.45) is 11.5 Å². The predicted molar refractivity (Wildman–Crippen MR) is 64.6 cm³/mol. The standard InChI is InChI=1S/C11H16N2OS/c12-10(11(13)14)8-15-7-6-9-4-2-1-3-5-9/h1-5,10H,6-8,12H2,(H2,13,14)/t10-/m0/s1. The van der Waals surface area contributed by atoms with E-state index >= 15 is 0 Å². The molecule has 0 fully saturated rings. The van der Waals surface area contributed by atoms with Crippen molar-refractivity contribution in [1.29, 1.82) is 0 Å². The van der Waals surface area contributed by atoms with Crippen LogP contribution in [0.25, 0.3) is 0 Å². The lowest BCUT2D eigenvalue weighted by atomic mass is 10.2. The fourth-order valence-corrected chi connectivity index (χ4v) is 2.09. The van der Waals surface area contributed by atoms with Gasteiger partial charge in [-0.05, 0) is 17.7 Å². The van der Waals surface area contributed by atoms with Gasteiger partial charge in [-0.3, -0.25) is 4.79 Å². The Hall–Kier alpha value is -1.00. The molecule has 1 amide bonds. The quantitative estimate of drug-likeness (QED) is 0.701. The first-order valence-electron chi connectivity index (χ1n) is 4.86. The first kappa shape index (κ1) is 12.1. The van der Waals surface area contributed by atoms with Crippen molar-refractivity contribution < 1.29 is 4.79 Å². The molecule has 0 saturated carbocycles. The van der Waals surface area contributed by atoms with E-state index in [1.54, 1.807) is 11.8 Å².